The standard InChI is InChI=1S/C26H30N2O2/c1-29-24-10-5-3-8-21(24)18-27-26-19-12-14-28(15-13-19)23(26)17-20-7-2-4-9-22(20)25-11-6-16-30-25/h2-11,16,19,23,26-27H,12-15,17-18H2,1H3. The average Bonchev–Trinajstić information content (AvgIpc) is 3.34. The van der Waals surface area contributed by atoms with Crippen LogP contribution in [0.1, 0.15) is 24.0 Å². The first-order chi connectivity index (χ1) is 14.8. The number of methoxy groups -OCH3 is 1. The molecular weight excluding hydrogens is 372 g/mol. The van der Waals surface area contributed by atoms with Crippen molar-refractivity contribution in [2.75, 3.05) is 20.2 Å². The molecule has 2 atom stereocenters. The van der Waals surface area contributed by atoms with Gasteiger partial charge in [0.15, 0.2) is 0 Å². The molecular formula is C26H30N2O2. The maximum atomic E-state index is 5.73. The fourth-order valence-corrected chi connectivity index (χ4v) is 5.38. The monoisotopic (exact) mass is 402 g/mol. The Morgan fingerprint density at radius 3 is 2.50 bits per heavy atom. The molecule has 3 aromatic rings. The fourth-order valence-electron chi connectivity index (χ4n) is 5.38. The Morgan fingerprint density at radius 1 is 0.967 bits per heavy atom. The molecule has 2 aromatic carbocycles. The van der Waals surface area contributed by atoms with Crippen molar-refractivity contribution >= 4 is 0 Å². The summed E-state index contributed by atoms with van der Waals surface area (Å²) < 4.78 is 11.3. The van der Waals surface area contributed by atoms with Crippen molar-refractivity contribution in [3.8, 4) is 17.1 Å². The van der Waals surface area contributed by atoms with Gasteiger partial charge in [0, 0.05) is 29.8 Å². The molecule has 0 spiro atoms. The summed E-state index contributed by atoms with van der Waals surface area (Å²) in [4.78, 5) is 2.69. The van der Waals surface area contributed by atoms with Crippen LogP contribution in [0.5, 0.6) is 5.75 Å². The number of piperidine rings is 3. The molecule has 1 N–H and O–H groups in total. The highest BCUT2D eigenvalue weighted by molar-refractivity contribution is 5.62. The number of ether oxygens (including phenoxy) is 1. The number of furan rings is 1. The smallest absolute Gasteiger partial charge is 0.134 e. The predicted octanol–water partition coefficient (Wildman–Crippen LogP) is 4.75. The van der Waals surface area contributed by atoms with Gasteiger partial charge in [-0.25, -0.2) is 0 Å². The predicted molar refractivity (Wildman–Crippen MR) is 120 cm³/mol. The number of hydrogen-bond donors (Lipinski definition) is 1. The zero-order valence-electron chi connectivity index (χ0n) is 17.6. The van der Waals surface area contributed by atoms with Crippen LogP contribution >= 0.6 is 0 Å². The highest BCUT2D eigenvalue weighted by Gasteiger charge is 2.42. The van der Waals surface area contributed by atoms with Gasteiger partial charge in [0.25, 0.3) is 0 Å². The second-order valence-corrected chi connectivity index (χ2v) is 8.50. The first-order valence-electron chi connectivity index (χ1n) is 11.0. The maximum Gasteiger partial charge on any atom is 0.134 e. The summed E-state index contributed by atoms with van der Waals surface area (Å²) >= 11 is 0. The molecule has 2 bridgehead atoms. The molecule has 0 radical (unpaired) electrons. The van der Waals surface area contributed by atoms with Crippen molar-refractivity contribution < 1.29 is 9.15 Å². The molecule has 156 valence electrons. The van der Waals surface area contributed by atoms with E-state index in [4.69, 9.17) is 9.15 Å². The first-order valence-corrected chi connectivity index (χ1v) is 11.0. The van der Waals surface area contributed by atoms with E-state index in [-0.39, 0.29) is 0 Å². The highest BCUT2D eigenvalue weighted by atomic mass is 16.5. The minimum Gasteiger partial charge on any atom is -0.496 e. The van der Waals surface area contributed by atoms with E-state index in [1.807, 2.05) is 18.2 Å². The fraction of sp³-hybridized carbons (Fsp3) is 0.385. The molecule has 0 aliphatic carbocycles. The van der Waals surface area contributed by atoms with Crippen LogP contribution in [0.25, 0.3) is 11.3 Å². The Kier molecular flexibility index (Phi) is 5.60. The Balaban J connectivity index is 1.38. The zero-order valence-corrected chi connectivity index (χ0v) is 17.6. The van der Waals surface area contributed by atoms with Gasteiger partial charge in [-0.3, -0.25) is 4.90 Å². The second-order valence-electron chi connectivity index (χ2n) is 8.50. The van der Waals surface area contributed by atoms with Crippen molar-refractivity contribution in [1.29, 1.82) is 0 Å². The van der Waals surface area contributed by atoms with Crippen LogP contribution in [0.3, 0.4) is 0 Å². The number of fused-ring (bicyclic) bond motifs is 3. The molecule has 3 aliphatic rings. The summed E-state index contributed by atoms with van der Waals surface area (Å²) in [6, 6.07) is 22.0. The van der Waals surface area contributed by atoms with Crippen LogP contribution in [0.2, 0.25) is 0 Å². The van der Waals surface area contributed by atoms with E-state index in [0.29, 0.717) is 12.1 Å². The largest absolute Gasteiger partial charge is 0.496 e. The van der Waals surface area contributed by atoms with E-state index in [9.17, 15) is 0 Å². The summed E-state index contributed by atoms with van der Waals surface area (Å²) in [5.41, 5.74) is 3.81. The third-order valence-corrected chi connectivity index (χ3v) is 6.92. The Labute approximate surface area is 178 Å². The van der Waals surface area contributed by atoms with Crippen molar-refractivity contribution in [2.45, 2.75) is 37.9 Å². The number of nitrogens with zero attached hydrogens (tertiary/aromatic N) is 1. The normalized spacial score (nSPS) is 25.4. The summed E-state index contributed by atoms with van der Waals surface area (Å²) in [6.45, 7) is 3.27. The highest BCUT2D eigenvalue weighted by Crippen LogP contribution is 2.36. The van der Waals surface area contributed by atoms with Gasteiger partial charge in [-0.05, 0) is 62.0 Å². The van der Waals surface area contributed by atoms with Crippen molar-refractivity contribution in [3.05, 3.63) is 78.1 Å². The first kappa shape index (κ1) is 19.4. The molecule has 3 aliphatic heterocycles. The second kappa shape index (κ2) is 8.66. The lowest BCUT2D eigenvalue weighted by Crippen LogP contribution is -2.63. The van der Waals surface area contributed by atoms with Crippen LogP contribution < -0.4 is 10.1 Å². The van der Waals surface area contributed by atoms with Crippen molar-refractivity contribution in [2.24, 2.45) is 5.92 Å². The van der Waals surface area contributed by atoms with Crippen molar-refractivity contribution in [1.82, 2.24) is 10.2 Å². The summed E-state index contributed by atoms with van der Waals surface area (Å²) in [5, 5.41) is 3.92. The average molecular weight is 403 g/mol. The van der Waals surface area contributed by atoms with Gasteiger partial charge < -0.3 is 14.5 Å². The van der Waals surface area contributed by atoms with Crippen LogP contribution in [0.4, 0.5) is 0 Å². The lowest BCUT2D eigenvalue weighted by Gasteiger charge is -2.51. The zero-order chi connectivity index (χ0) is 20.3. The van der Waals surface area contributed by atoms with Gasteiger partial charge in [0.1, 0.15) is 11.5 Å². The molecule has 1 aromatic heterocycles. The number of nitrogens with one attached hydrogen (secondary N) is 1. The van der Waals surface area contributed by atoms with Gasteiger partial charge in [-0.1, -0.05) is 42.5 Å². The van der Waals surface area contributed by atoms with Crippen LogP contribution in [-0.2, 0) is 13.0 Å². The Morgan fingerprint density at radius 2 is 1.73 bits per heavy atom. The van der Waals surface area contributed by atoms with Gasteiger partial charge >= 0.3 is 0 Å². The molecule has 4 heterocycles. The molecule has 4 heteroatoms. The number of benzene rings is 2. The van der Waals surface area contributed by atoms with E-state index in [1.54, 1.807) is 13.4 Å². The molecule has 30 heavy (non-hydrogen) atoms. The number of para-hydroxylation sites is 1. The lowest BCUT2D eigenvalue weighted by atomic mass is 9.76. The maximum absolute atomic E-state index is 5.73. The molecule has 6 rings (SSSR count). The number of rotatable bonds is 7. The van der Waals surface area contributed by atoms with E-state index in [0.717, 1.165) is 30.4 Å². The van der Waals surface area contributed by atoms with Crippen LogP contribution in [0.15, 0.2) is 71.3 Å². The molecule has 3 fully saturated rings. The van der Waals surface area contributed by atoms with E-state index in [1.165, 1.54) is 42.6 Å². The topological polar surface area (TPSA) is 37.6 Å². The van der Waals surface area contributed by atoms with Crippen LogP contribution in [0, 0.1) is 5.92 Å². The van der Waals surface area contributed by atoms with Crippen molar-refractivity contribution in [3.63, 3.8) is 0 Å². The van der Waals surface area contributed by atoms with E-state index in [2.05, 4.69) is 52.7 Å². The van der Waals surface area contributed by atoms with E-state index >= 15 is 0 Å². The SMILES string of the molecule is COc1ccccc1CNC1C2CCN(CC2)C1Cc1ccccc1-c1ccco1. The third kappa shape index (κ3) is 3.78. The lowest BCUT2D eigenvalue weighted by molar-refractivity contribution is 0.0127. The Hall–Kier alpha value is -2.56. The van der Waals surface area contributed by atoms with E-state index < -0.39 is 0 Å². The van der Waals surface area contributed by atoms with Gasteiger partial charge in [0.05, 0.1) is 13.4 Å². The summed E-state index contributed by atoms with van der Waals surface area (Å²) in [7, 11) is 1.75. The molecule has 0 saturated carbocycles. The minimum absolute atomic E-state index is 0.488. The van der Waals surface area contributed by atoms with Crippen LogP contribution in [-0.4, -0.2) is 37.2 Å². The minimum atomic E-state index is 0.488. The van der Waals surface area contributed by atoms with Gasteiger partial charge in [-0.2, -0.15) is 0 Å². The summed E-state index contributed by atoms with van der Waals surface area (Å²) in [6.07, 6.45) is 5.38. The number of hydrogen-bond acceptors (Lipinski definition) is 4. The molecule has 4 nitrogen and oxygen atoms in total. The molecule has 2 unspecified atom stereocenters. The van der Waals surface area contributed by atoms with Gasteiger partial charge in [0.2, 0.25) is 0 Å². The molecule has 3 saturated heterocycles. The Bertz CT molecular complexity index is 961. The summed E-state index contributed by atoms with van der Waals surface area (Å²) in [5.74, 6) is 2.66. The molecule has 0 amide bonds. The third-order valence-electron chi connectivity index (χ3n) is 6.92. The van der Waals surface area contributed by atoms with Gasteiger partial charge in [-0.15, -0.1) is 0 Å². The quantitative estimate of drug-likeness (QED) is 0.619.